The van der Waals surface area contributed by atoms with Crippen LogP contribution < -0.4 is 11.3 Å². The van der Waals surface area contributed by atoms with E-state index in [1.54, 1.807) is 18.3 Å². The van der Waals surface area contributed by atoms with Crippen molar-refractivity contribution in [2.45, 2.75) is 29.9 Å². The summed E-state index contributed by atoms with van der Waals surface area (Å²) in [6.45, 7) is 2.03. The number of aryl methyl sites for hydroxylation is 1. The van der Waals surface area contributed by atoms with Crippen LogP contribution in [0.2, 0.25) is 0 Å². The van der Waals surface area contributed by atoms with Gasteiger partial charge in [-0.15, -0.1) is 0 Å². The maximum Gasteiger partial charge on any atom is 0.251 e. The molecule has 0 fully saturated rings. The number of nitrogens with zero attached hydrogens (tertiary/aromatic N) is 3. The SMILES string of the molecule is CCCc1cc(=O)[nH]c(Sc2cc(/C(N)=N/O)ccn2)n1. The first-order valence-electron chi connectivity index (χ1n) is 6.34. The lowest BCUT2D eigenvalue weighted by atomic mass is 10.2. The summed E-state index contributed by atoms with van der Waals surface area (Å²) in [5, 5.41) is 12.7. The van der Waals surface area contributed by atoms with E-state index in [-0.39, 0.29) is 11.4 Å². The lowest BCUT2D eigenvalue weighted by Gasteiger charge is -2.04. The van der Waals surface area contributed by atoms with Crippen molar-refractivity contribution in [1.82, 2.24) is 15.0 Å². The van der Waals surface area contributed by atoms with Crippen molar-refractivity contribution in [2.24, 2.45) is 10.9 Å². The Balaban J connectivity index is 2.28. The van der Waals surface area contributed by atoms with E-state index in [0.29, 0.717) is 15.7 Å². The first-order valence-corrected chi connectivity index (χ1v) is 7.16. The van der Waals surface area contributed by atoms with Crippen LogP contribution in [-0.2, 0) is 6.42 Å². The van der Waals surface area contributed by atoms with Gasteiger partial charge in [0.15, 0.2) is 11.0 Å². The number of nitrogens with two attached hydrogens (primary N) is 1. The predicted molar refractivity (Wildman–Crippen MR) is 79.7 cm³/mol. The molecule has 0 atom stereocenters. The normalized spacial score (nSPS) is 11.6. The van der Waals surface area contributed by atoms with Crippen molar-refractivity contribution in [3.63, 3.8) is 0 Å². The van der Waals surface area contributed by atoms with Crippen LogP contribution in [0.1, 0.15) is 24.6 Å². The van der Waals surface area contributed by atoms with E-state index in [2.05, 4.69) is 20.1 Å². The Morgan fingerprint density at radius 3 is 3.05 bits per heavy atom. The molecule has 0 saturated heterocycles. The van der Waals surface area contributed by atoms with Crippen molar-refractivity contribution in [2.75, 3.05) is 0 Å². The fourth-order valence-electron chi connectivity index (χ4n) is 1.70. The minimum Gasteiger partial charge on any atom is -0.409 e. The van der Waals surface area contributed by atoms with E-state index in [1.165, 1.54) is 17.8 Å². The van der Waals surface area contributed by atoms with Gasteiger partial charge in [0.2, 0.25) is 0 Å². The van der Waals surface area contributed by atoms with Crippen LogP contribution in [0.25, 0.3) is 0 Å². The van der Waals surface area contributed by atoms with Crippen LogP contribution >= 0.6 is 11.8 Å². The summed E-state index contributed by atoms with van der Waals surface area (Å²) in [5.41, 5.74) is 6.63. The van der Waals surface area contributed by atoms with Crippen molar-refractivity contribution in [1.29, 1.82) is 0 Å². The molecule has 0 aliphatic rings. The molecule has 7 nitrogen and oxygen atoms in total. The quantitative estimate of drug-likeness (QED) is 0.252. The zero-order valence-corrected chi connectivity index (χ0v) is 12.2. The molecule has 0 radical (unpaired) electrons. The van der Waals surface area contributed by atoms with Crippen LogP contribution in [0.15, 0.2) is 44.5 Å². The third-order valence-corrected chi connectivity index (χ3v) is 3.44. The molecule has 2 rings (SSSR count). The third kappa shape index (κ3) is 4.06. The van der Waals surface area contributed by atoms with Crippen molar-refractivity contribution in [3.8, 4) is 0 Å². The van der Waals surface area contributed by atoms with Gasteiger partial charge in [0, 0.05) is 23.5 Å². The lowest BCUT2D eigenvalue weighted by Crippen LogP contribution is -2.13. The highest BCUT2D eigenvalue weighted by Crippen LogP contribution is 2.22. The maximum atomic E-state index is 11.6. The van der Waals surface area contributed by atoms with E-state index < -0.39 is 0 Å². The van der Waals surface area contributed by atoms with Crippen LogP contribution in [0, 0.1) is 0 Å². The molecule has 0 aliphatic carbocycles. The summed E-state index contributed by atoms with van der Waals surface area (Å²) in [4.78, 5) is 22.8. The Labute approximate surface area is 125 Å². The first-order chi connectivity index (χ1) is 10.1. The van der Waals surface area contributed by atoms with Crippen molar-refractivity contribution in [3.05, 3.63) is 46.0 Å². The fraction of sp³-hybridized carbons (Fsp3) is 0.231. The van der Waals surface area contributed by atoms with Gasteiger partial charge in [0.25, 0.3) is 5.56 Å². The highest BCUT2D eigenvalue weighted by Gasteiger charge is 2.07. The van der Waals surface area contributed by atoms with Crippen LogP contribution in [-0.4, -0.2) is 26.0 Å². The monoisotopic (exact) mass is 305 g/mol. The number of H-pyrrole nitrogens is 1. The number of aromatic nitrogens is 3. The molecule has 2 heterocycles. The number of rotatable bonds is 5. The number of pyridine rings is 1. The molecular weight excluding hydrogens is 290 g/mol. The van der Waals surface area contributed by atoms with E-state index in [1.807, 2.05) is 6.92 Å². The van der Waals surface area contributed by atoms with Crippen molar-refractivity contribution >= 4 is 17.6 Å². The van der Waals surface area contributed by atoms with Gasteiger partial charge in [-0.05, 0) is 30.3 Å². The average Bonchev–Trinajstić information content (AvgIpc) is 2.46. The van der Waals surface area contributed by atoms with Gasteiger partial charge < -0.3 is 15.9 Å². The van der Waals surface area contributed by atoms with Crippen LogP contribution in [0.3, 0.4) is 0 Å². The molecule has 0 saturated carbocycles. The summed E-state index contributed by atoms with van der Waals surface area (Å²) >= 11 is 1.21. The summed E-state index contributed by atoms with van der Waals surface area (Å²) in [7, 11) is 0. The van der Waals surface area contributed by atoms with Gasteiger partial charge in [-0.3, -0.25) is 4.79 Å². The fourth-order valence-corrected chi connectivity index (χ4v) is 2.51. The molecule has 0 aliphatic heterocycles. The first kappa shape index (κ1) is 15.0. The Morgan fingerprint density at radius 1 is 1.52 bits per heavy atom. The van der Waals surface area contributed by atoms with E-state index in [9.17, 15) is 4.79 Å². The minimum atomic E-state index is -0.191. The van der Waals surface area contributed by atoms with Gasteiger partial charge in [-0.1, -0.05) is 18.5 Å². The highest BCUT2D eigenvalue weighted by molar-refractivity contribution is 7.99. The molecule has 110 valence electrons. The minimum absolute atomic E-state index is 0.000404. The largest absolute Gasteiger partial charge is 0.409 e. The van der Waals surface area contributed by atoms with Gasteiger partial charge in [-0.25, -0.2) is 9.97 Å². The molecule has 0 spiro atoms. The average molecular weight is 305 g/mol. The van der Waals surface area contributed by atoms with Crippen LogP contribution in [0.5, 0.6) is 0 Å². The molecule has 0 aromatic carbocycles. The molecule has 0 amide bonds. The number of oxime groups is 1. The van der Waals surface area contributed by atoms with Gasteiger partial charge in [-0.2, -0.15) is 0 Å². The number of hydrogen-bond donors (Lipinski definition) is 3. The van der Waals surface area contributed by atoms with Gasteiger partial charge in [0.1, 0.15) is 5.03 Å². The topological polar surface area (TPSA) is 117 Å². The Morgan fingerprint density at radius 2 is 2.33 bits per heavy atom. The molecule has 21 heavy (non-hydrogen) atoms. The summed E-state index contributed by atoms with van der Waals surface area (Å²) in [6, 6.07) is 4.78. The molecule has 8 heteroatoms. The van der Waals surface area contributed by atoms with Crippen molar-refractivity contribution < 1.29 is 5.21 Å². The zero-order valence-electron chi connectivity index (χ0n) is 11.4. The number of nitrogens with one attached hydrogen (secondary N) is 1. The molecule has 0 bridgehead atoms. The van der Waals surface area contributed by atoms with E-state index in [4.69, 9.17) is 10.9 Å². The van der Waals surface area contributed by atoms with E-state index >= 15 is 0 Å². The molecule has 4 N–H and O–H groups in total. The second-order valence-corrected chi connectivity index (χ2v) is 5.27. The molecule has 2 aromatic rings. The number of aromatic amines is 1. The standard InChI is InChI=1S/C13H15N5O2S/c1-2-3-9-7-10(19)17-13(16-9)21-11-6-8(4-5-15-11)12(14)18-20/h4-7,20H,2-3H2,1H3,(H2,14,18)(H,16,17,19). The van der Waals surface area contributed by atoms with E-state index in [0.717, 1.165) is 18.5 Å². The third-order valence-electron chi connectivity index (χ3n) is 2.62. The Kier molecular flexibility index (Phi) is 4.94. The lowest BCUT2D eigenvalue weighted by molar-refractivity contribution is 0.318. The number of amidine groups is 1. The smallest absolute Gasteiger partial charge is 0.251 e. The Hall–Kier alpha value is -2.35. The summed E-state index contributed by atoms with van der Waals surface area (Å²) < 4.78 is 0. The summed E-state index contributed by atoms with van der Waals surface area (Å²) in [6.07, 6.45) is 3.20. The highest BCUT2D eigenvalue weighted by atomic mass is 32.2. The second-order valence-electron chi connectivity index (χ2n) is 4.26. The van der Waals surface area contributed by atoms with Gasteiger partial charge in [0.05, 0.1) is 0 Å². The Bertz CT molecular complexity index is 714. The second kappa shape index (κ2) is 6.89. The maximum absolute atomic E-state index is 11.6. The molecule has 0 unspecified atom stereocenters. The predicted octanol–water partition coefficient (Wildman–Crippen LogP) is 1.36. The van der Waals surface area contributed by atoms with Crippen LogP contribution in [0.4, 0.5) is 0 Å². The molecule has 2 aromatic heterocycles. The number of hydrogen-bond acceptors (Lipinski definition) is 6. The van der Waals surface area contributed by atoms with Gasteiger partial charge >= 0.3 is 0 Å². The zero-order chi connectivity index (χ0) is 15.2. The summed E-state index contributed by atoms with van der Waals surface area (Å²) in [5.74, 6) is 0.000404. The molecular formula is C13H15N5O2S.